The molecule has 1 aromatic heterocycles. The van der Waals surface area contributed by atoms with E-state index in [-0.39, 0.29) is 11.9 Å². The molecule has 3 nitrogen and oxygen atoms in total. The van der Waals surface area contributed by atoms with Gasteiger partial charge >= 0.3 is 0 Å². The van der Waals surface area contributed by atoms with Crippen LogP contribution in [-0.4, -0.2) is 25.0 Å². The molecule has 0 radical (unpaired) electrons. The first kappa shape index (κ1) is 16.5. The van der Waals surface area contributed by atoms with Crippen molar-refractivity contribution in [3.05, 3.63) is 57.2 Å². The quantitative estimate of drug-likeness (QED) is 0.855. The van der Waals surface area contributed by atoms with E-state index in [2.05, 4.69) is 29.8 Å². The highest BCUT2D eigenvalue weighted by molar-refractivity contribution is 7.10. The number of hydrogen-bond acceptors (Lipinski definition) is 2. The molecule has 1 saturated heterocycles. The van der Waals surface area contributed by atoms with Gasteiger partial charge in [-0.25, -0.2) is 0 Å². The number of likely N-dealkylation sites (tertiary alicyclic amines) is 1. The number of quaternary nitrogens is 1. The van der Waals surface area contributed by atoms with Crippen molar-refractivity contribution in [3.63, 3.8) is 0 Å². The minimum atomic E-state index is -0.0330. The molecule has 0 spiro atoms. The minimum absolute atomic E-state index is 0.0330. The summed E-state index contributed by atoms with van der Waals surface area (Å²) in [5.41, 5.74) is 0.655. The molecule has 0 aliphatic carbocycles. The molecule has 3 rings (SSSR count). The summed E-state index contributed by atoms with van der Waals surface area (Å²) in [6, 6.07) is 11.7. The number of carbonyl (C=O) groups is 1. The van der Waals surface area contributed by atoms with Crippen LogP contribution in [0.3, 0.4) is 0 Å². The molecular formula is C18H22ClN2OS+. The molecule has 0 bridgehead atoms. The average molecular weight is 350 g/mol. The van der Waals surface area contributed by atoms with Crippen LogP contribution in [0.15, 0.2) is 41.8 Å². The van der Waals surface area contributed by atoms with E-state index in [0.29, 0.717) is 16.6 Å². The van der Waals surface area contributed by atoms with Crippen LogP contribution in [0.1, 0.15) is 41.0 Å². The zero-order valence-electron chi connectivity index (χ0n) is 13.2. The van der Waals surface area contributed by atoms with Crippen LogP contribution >= 0.6 is 22.9 Å². The lowest BCUT2D eigenvalue weighted by atomic mass is 10.1. The summed E-state index contributed by atoms with van der Waals surface area (Å²) in [6.45, 7) is 4.48. The third-order valence-corrected chi connectivity index (χ3v) is 5.71. The first-order valence-corrected chi connectivity index (χ1v) is 9.35. The highest BCUT2D eigenvalue weighted by atomic mass is 35.5. The van der Waals surface area contributed by atoms with Gasteiger partial charge in [-0.2, -0.15) is 0 Å². The van der Waals surface area contributed by atoms with E-state index >= 15 is 0 Å². The molecule has 0 unspecified atom stereocenters. The standard InChI is InChI=1S/C18H21ClN2OS/c1-13(20-18(22)14-6-8-15(19)9-7-14)17(16-5-4-12-23-16)21-10-2-3-11-21/h4-9,12-13,17H,2-3,10-11H2,1H3,(H,20,22)/p+1/t13-,17+/m1/s1. The van der Waals surface area contributed by atoms with Gasteiger partial charge in [0.2, 0.25) is 0 Å². The molecular weight excluding hydrogens is 328 g/mol. The number of thiophene rings is 1. The Kier molecular flexibility index (Phi) is 5.36. The summed E-state index contributed by atoms with van der Waals surface area (Å²) in [6.07, 6.45) is 2.55. The average Bonchev–Trinajstić information content (AvgIpc) is 3.22. The third kappa shape index (κ3) is 3.94. The first-order chi connectivity index (χ1) is 11.1. The summed E-state index contributed by atoms with van der Waals surface area (Å²) >= 11 is 7.67. The van der Waals surface area contributed by atoms with E-state index in [9.17, 15) is 4.79 Å². The molecule has 23 heavy (non-hydrogen) atoms. The molecule has 0 saturated carbocycles. The molecule has 2 heterocycles. The Labute approximate surface area is 146 Å². The van der Waals surface area contributed by atoms with Crippen LogP contribution in [0.5, 0.6) is 0 Å². The number of halogens is 1. The summed E-state index contributed by atoms with van der Waals surface area (Å²) in [5.74, 6) is -0.0330. The molecule has 122 valence electrons. The lowest BCUT2D eigenvalue weighted by Crippen LogP contribution is -3.11. The smallest absolute Gasteiger partial charge is 0.251 e. The number of benzene rings is 1. The van der Waals surface area contributed by atoms with E-state index in [1.807, 2.05) is 0 Å². The molecule has 1 aliphatic heterocycles. The molecule has 1 aromatic carbocycles. The Hall–Kier alpha value is -1.36. The van der Waals surface area contributed by atoms with Crippen molar-refractivity contribution < 1.29 is 9.69 Å². The minimum Gasteiger partial charge on any atom is -0.343 e. The molecule has 1 amide bonds. The van der Waals surface area contributed by atoms with Crippen molar-refractivity contribution in [3.8, 4) is 0 Å². The van der Waals surface area contributed by atoms with Gasteiger partial charge in [-0.1, -0.05) is 17.7 Å². The van der Waals surface area contributed by atoms with Crippen LogP contribution in [-0.2, 0) is 0 Å². The summed E-state index contributed by atoms with van der Waals surface area (Å²) in [4.78, 5) is 15.4. The molecule has 5 heteroatoms. The second kappa shape index (κ2) is 7.47. The second-order valence-corrected chi connectivity index (χ2v) is 7.54. The van der Waals surface area contributed by atoms with Crippen LogP contribution < -0.4 is 10.2 Å². The Morgan fingerprint density at radius 3 is 2.52 bits per heavy atom. The summed E-state index contributed by atoms with van der Waals surface area (Å²) in [7, 11) is 0. The molecule has 1 fully saturated rings. The van der Waals surface area contributed by atoms with Crippen molar-refractivity contribution >= 4 is 28.8 Å². The zero-order valence-corrected chi connectivity index (χ0v) is 14.8. The van der Waals surface area contributed by atoms with Crippen LogP contribution in [0.4, 0.5) is 0 Å². The van der Waals surface area contributed by atoms with E-state index in [4.69, 9.17) is 11.6 Å². The summed E-state index contributed by atoms with van der Waals surface area (Å²) in [5, 5.41) is 5.95. The maximum atomic E-state index is 12.5. The monoisotopic (exact) mass is 349 g/mol. The lowest BCUT2D eigenvalue weighted by molar-refractivity contribution is -0.920. The van der Waals surface area contributed by atoms with Gasteiger partial charge in [-0.3, -0.25) is 4.79 Å². The van der Waals surface area contributed by atoms with E-state index in [0.717, 1.165) is 0 Å². The Morgan fingerprint density at radius 1 is 1.22 bits per heavy atom. The van der Waals surface area contributed by atoms with Crippen molar-refractivity contribution in [2.45, 2.75) is 31.8 Å². The SMILES string of the molecule is C[C@@H](NC(=O)c1ccc(Cl)cc1)[C@@H](c1cccs1)[NH+]1CCCC1. The highest BCUT2D eigenvalue weighted by Crippen LogP contribution is 2.21. The van der Waals surface area contributed by atoms with Crippen LogP contribution in [0, 0.1) is 0 Å². The number of carbonyl (C=O) groups excluding carboxylic acids is 1. The lowest BCUT2D eigenvalue weighted by Gasteiger charge is -2.29. The third-order valence-electron chi connectivity index (χ3n) is 4.50. The fourth-order valence-corrected chi connectivity index (χ4v) is 4.50. The van der Waals surface area contributed by atoms with Gasteiger partial charge in [0.05, 0.1) is 24.0 Å². The van der Waals surface area contributed by atoms with Crippen LogP contribution in [0.25, 0.3) is 0 Å². The van der Waals surface area contributed by atoms with Crippen molar-refractivity contribution in [1.82, 2.24) is 5.32 Å². The van der Waals surface area contributed by atoms with Gasteiger partial charge in [0.15, 0.2) is 0 Å². The maximum Gasteiger partial charge on any atom is 0.251 e. The maximum absolute atomic E-state index is 12.5. The molecule has 2 aromatic rings. The van der Waals surface area contributed by atoms with Gasteiger partial charge in [-0.15, -0.1) is 11.3 Å². The Bertz CT molecular complexity index is 636. The van der Waals surface area contributed by atoms with Gasteiger partial charge < -0.3 is 10.2 Å². The normalized spacial score (nSPS) is 17.8. The van der Waals surface area contributed by atoms with Gasteiger partial charge in [-0.05, 0) is 42.6 Å². The molecule has 2 atom stereocenters. The van der Waals surface area contributed by atoms with E-state index in [1.165, 1.54) is 30.8 Å². The van der Waals surface area contributed by atoms with Crippen molar-refractivity contribution in [2.24, 2.45) is 0 Å². The largest absolute Gasteiger partial charge is 0.343 e. The van der Waals surface area contributed by atoms with Gasteiger partial charge in [0.1, 0.15) is 6.04 Å². The first-order valence-electron chi connectivity index (χ1n) is 8.09. The molecule has 1 aliphatic rings. The van der Waals surface area contributed by atoms with E-state index < -0.39 is 0 Å². The number of hydrogen-bond donors (Lipinski definition) is 2. The Balaban J connectivity index is 1.74. The predicted octanol–water partition coefficient (Wildman–Crippen LogP) is 2.94. The number of amides is 1. The van der Waals surface area contributed by atoms with Gasteiger partial charge in [0.25, 0.3) is 5.91 Å². The Morgan fingerprint density at radius 2 is 1.91 bits per heavy atom. The fraction of sp³-hybridized carbons (Fsp3) is 0.389. The number of rotatable bonds is 5. The fourth-order valence-electron chi connectivity index (χ4n) is 3.38. The van der Waals surface area contributed by atoms with Crippen LogP contribution in [0.2, 0.25) is 5.02 Å². The van der Waals surface area contributed by atoms with Gasteiger partial charge in [0, 0.05) is 23.4 Å². The van der Waals surface area contributed by atoms with Crippen molar-refractivity contribution in [1.29, 1.82) is 0 Å². The summed E-state index contributed by atoms with van der Waals surface area (Å²) < 4.78 is 0. The number of nitrogens with one attached hydrogen (secondary N) is 2. The van der Waals surface area contributed by atoms with Crippen molar-refractivity contribution in [2.75, 3.05) is 13.1 Å². The topological polar surface area (TPSA) is 33.5 Å². The van der Waals surface area contributed by atoms with E-state index in [1.54, 1.807) is 40.5 Å². The zero-order chi connectivity index (χ0) is 16.2. The molecule has 2 N–H and O–H groups in total. The predicted molar refractivity (Wildman–Crippen MR) is 95.4 cm³/mol. The second-order valence-electron chi connectivity index (χ2n) is 6.13. The highest BCUT2D eigenvalue weighted by Gasteiger charge is 2.33.